The first-order chi connectivity index (χ1) is 6.07. The topological polar surface area (TPSA) is 46.2 Å². The number of rotatable bonds is 2. The van der Waals surface area contributed by atoms with E-state index in [4.69, 9.17) is 17.3 Å². The molecule has 0 aliphatic rings. The van der Waals surface area contributed by atoms with Crippen LogP contribution in [-0.2, 0) is 0 Å². The molecule has 0 fully saturated rings. The Balaban J connectivity index is 0.00000169. The van der Waals surface area contributed by atoms with Crippen molar-refractivity contribution in [1.82, 2.24) is 0 Å². The molecule has 0 radical (unpaired) electrons. The molecule has 0 heterocycles. The van der Waals surface area contributed by atoms with Crippen LogP contribution in [0.2, 0.25) is 5.02 Å². The highest BCUT2D eigenvalue weighted by Crippen LogP contribution is 2.37. The minimum atomic E-state index is -0.218. The number of phenolic OH excluding ortho intramolecular Hbond substituents is 1. The standard InChI is InChI=1S/C9H11BrClNO.ClH/c1-2-7(12)8-6(11)4-3-5(10)9(8)13;/h3-4,7,13H,2,12H2,1H3;1H/t7-;/m0./s1. The third-order valence-corrected chi connectivity index (χ3v) is 2.89. The number of benzene rings is 1. The SMILES string of the molecule is CC[C@H](N)c1c(Cl)ccc(Br)c1O.Cl. The molecule has 0 aliphatic carbocycles. The van der Waals surface area contributed by atoms with E-state index >= 15 is 0 Å². The third-order valence-electron chi connectivity index (χ3n) is 1.93. The molecule has 14 heavy (non-hydrogen) atoms. The van der Waals surface area contributed by atoms with E-state index in [9.17, 15) is 5.11 Å². The van der Waals surface area contributed by atoms with Crippen molar-refractivity contribution in [3.63, 3.8) is 0 Å². The van der Waals surface area contributed by atoms with E-state index in [1.54, 1.807) is 12.1 Å². The molecule has 0 saturated heterocycles. The fourth-order valence-corrected chi connectivity index (χ4v) is 1.75. The smallest absolute Gasteiger partial charge is 0.136 e. The summed E-state index contributed by atoms with van der Waals surface area (Å²) < 4.78 is 0.621. The predicted molar refractivity (Wildman–Crippen MR) is 65.3 cm³/mol. The molecule has 2 nitrogen and oxygen atoms in total. The Hall–Kier alpha value is 0.0400. The summed E-state index contributed by atoms with van der Waals surface area (Å²) in [7, 11) is 0. The maximum atomic E-state index is 9.67. The average molecular weight is 301 g/mol. The number of aromatic hydroxyl groups is 1. The second-order valence-corrected chi connectivity index (χ2v) is 4.07. The second-order valence-electron chi connectivity index (χ2n) is 2.81. The Morgan fingerprint density at radius 3 is 2.64 bits per heavy atom. The molecule has 1 rings (SSSR count). The Morgan fingerprint density at radius 1 is 1.57 bits per heavy atom. The summed E-state index contributed by atoms with van der Waals surface area (Å²) >= 11 is 9.13. The van der Waals surface area contributed by atoms with Gasteiger partial charge < -0.3 is 10.8 Å². The van der Waals surface area contributed by atoms with Crippen molar-refractivity contribution in [2.24, 2.45) is 5.73 Å². The van der Waals surface area contributed by atoms with Crippen LogP contribution in [0.1, 0.15) is 24.9 Å². The van der Waals surface area contributed by atoms with Crippen molar-refractivity contribution >= 4 is 39.9 Å². The highest BCUT2D eigenvalue weighted by molar-refractivity contribution is 9.10. The van der Waals surface area contributed by atoms with Crippen LogP contribution in [0.15, 0.2) is 16.6 Å². The Kier molecular flexibility index (Phi) is 5.83. The molecule has 1 aromatic rings. The van der Waals surface area contributed by atoms with E-state index in [0.717, 1.165) is 6.42 Å². The maximum absolute atomic E-state index is 9.67. The molecule has 1 atom stereocenters. The molecule has 1 aromatic carbocycles. The van der Waals surface area contributed by atoms with Crippen LogP contribution in [0.3, 0.4) is 0 Å². The van der Waals surface area contributed by atoms with E-state index in [1.165, 1.54) is 0 Å². The van der Waals surface area contributed by atoms with Gasteiger partial charge in [-0.2, -0.15) is 0 Å². The first-order valence-electron chi connectivity index (χ1n) is 4.00. The number of halogens is 3. The normalized spacial score (nSPS) is 12.0. The van der Waals surface area contributed by atoms with Gasteiger partial charge in [0.05, 0.1) is 4.47 Å². The van der Waals surface area contributed by atoms with Gasteiger partial charge in [-0.15, -0.1) is 12.4 Å². The Labute approximate surface area is 103 Å². The van der Waals surface area contributed by atoms with Gasteiger partial charge in [0.15, 0.2) is 0 Å². The highest BCUT2D eigenvalue weighted by atomic mass is 79.9. The zero-order chi connectivity index (χ0) is 10.0. The number of hydrogen-bond donors (Lipinski definition) is 2. The minimum Gasteiger partial charge on any atom is -0.506 e. The van der Waals surface area contributed by atoms with Crippen LogP contribution in [-0.4, -0.2) is 5.11 Å². The molecule has 0 bridgehead atoms. The van der Waals surface area contributed by atoms with Crippen LogP contribution in [0, 0.1) is 0 Å². The summed E-state index contributed by atoms with van der Waals surface area (Å²) in [5.41, 5.74) is 6.41. The van der Waals surface area contributed by atoms with E-state index in [0.29, 0.717) is 15.1 Å². The Bertz CT molecular complexity index is 320. The van der Waals surface area contributed by atoms with E-state index in [1.807, 2.05) is 6.92 Å². The van der Waals surface area contributed by atoms with E-state index < -0.39 is 0 Å². The van der Waals surface area contributed by atoms with Gasteiger partial charge in [-0.25, -0.2) is 0 Å². The van der Waals surface area contributed by atoms with Crippen molar-refractivity contribution < 1.29 is 5.11 Å². The quantitative estimate of drug-likeness (QED) is 0.876. The number of nitrogens with two attached hydrogens (primary N) is 1. The lowest BCUT2D eigenvalue weighted by molar-refractivity contribution is 0.457. The lowest BCUT2D eigenvalue weighted by Gasteiger charge is -2.14. The molecule has 0 aromatic heterocycles. The van der Waals surface area contributed by atoms with Gasteiger partial charge in [-0.1, -0.05) is 18.5 Å². The van der Waals surface area contributed by atoms with Crippen LogP contribution < -0.4 is 5.73 Å². The molecule has 0 saturated carbocycles. The van der Waals surface area contributed by atoms with Crippen molar-refractivity contribution in [3.05, 3.63) is 27.2 Å². The van der Waals surface area contributed by atoms with Gasteiger partial charge >= 0.3 is 0 Å². The van der Waals surface area contributed by atoms with Crippen LogP contribution in [0.4, 0.5) is 0 Å². The maximum Gasteiger partial charge on any atom is 0.136 e. The largest absolute Gasteiger partial charge is 0.506 e. The van der Waals surface area contributed by atoms with Gasteiger partial charge in [0.2, 0.25) is 0 Å². The summed E-state index contributed by atoms with van der Waals surface area (Å²) in [5, 5.41) is 10.2. The first kappa shape index (κ1) is 14.0. The molecule has 0 amide bonds. The van der Waals surface area contributed by atoms with Crippen LogP contribution >= 0.6 is 39.9 Å². The summed E-state index contributed by atoms with van der Waals surface area (Å²) in [6.45, 7) is 1.95. The fourth-order valence-electron chi connectivity index (χ4n) is 1.11. The van der Waals surface area contributed by atoms with Gasteiger partial charge in [-0.3, -0.25) is 0 Å². The van der Waals surface area contributed by atoms with Crippen molar-refractivity contribution in [2.45, 2.75) is 19.4 Å². The predicted octanol–water partition coefficient (Wildman–Crippen LogP) is 3.64. The average Bonchev–Trinajstić information content (AvgIpc) is 2.12. The summed E-state index contributed by atoms with van der Waals surface area (Å²) in [6, 6.07) is 3.20. The molecule has 3 N–H and O–H groups in total. The first-order valence-corrected chi connectivity index (χ1v) is 5.17. The third kappa shape index (κ3) is 2.76. The van der Waals surface area contributed by atoms with Gasteiger partial charge in [0.25, 0.3) is 0 Å². The second kappa shape index (κ2) is 5.81. The molecular weight excluding hydrogens is 289 g/mol. The lowest BCUT2D eigenvalue weighted by Crippen LogP contribution is -2.09. The highest BCUT2D eigenvalue weighted by Gasteiger charge is 2.15. The van der Waals surface area contributed by atoms with E-state index in [2.05, 4.69) is 15.9 Å². The molecule has 0 spiro atoms. The van der Waals surface area contributed by atoms with Crippen molar-refractivity contribution in [1.29, 1.82) is 0 Å². The van der Waals surface area contributed by atoms with Crippen LogP contribution in [0.25, 0.3) is 0 Å². The summed E-state index contributed by atoms with van der Waals surface area (Å²) in [5.74, 6) is 0.141. The molecule has 0 aliphatic heterocycles. The van der Waals surface area contributed by atoms with E-state index in [-0.39, 0.29) is 24.2 Å². The van der Waals surface area contributed by atoms with Gasteiger partial charge in [-0.05, 0) is 34.5 Å². The number of phenols is 1. The number of hydrogen-bond acceptors (Lipinski definition) is 2. The molecular formula is C9H12BrCl2NO. The zero-order valence-electron chi connectivity index (χ0n) is 7.63. The Morgan fingerprint density at radius 2 is 2.14 bits per heavy atom. The van der Waals surface area contributed by atoms with Gasteiger partial charge in [0.1, 0.15) is 5.75 Å². The van der Waals surface area contributed by atoms with Crippen molar-refractivity contribution in [2.75, 3.05) is 0 Å². The zero-order valence-corrected chi connectivity index (χ0v) is 10.8. The van der Waals surface area contributed by atoms with Crippen LogP contribution in [0.5, 0.6) is 5.75 Å². The van der Waals surface area contributed by atoms with Gasteiger partial charge in [0, 0.05) is 16.6 Å². The summed E-state index contributed by atoms with van der Waals surface area (Å²) in [4.78, 5) is 0. The lowest BCUT2D eigenvalue weighted by atomic mass is 10.0. The molecule has 80 valence electrons. The molecule has 5 heteroatoms. The fraction of sp³-hybridized carbons (Fsp3) is 0.333. The van der Waals surface area contributed by atoms with Crippen molar-refractivity contribution in [3.8, 4) is 5.75 Å². The minimum absolute atomic E-state index is 0. The monoisotopic (exact) mass is 299 g/mol. The summed E-state index contributed by atoms with van der Waals surface area (Å²) in [6.07, 6.45) is 0.740. The molecule has 0 unspecified atom stereocenters.